The van der Waals surface area contributed by atoms with Gasteiger partial charge in [0.25, 0.3) is 0 Å². The van der Waals surface area contributed by atoms with E-state index in [0.717, 1.165) is 0 Å². The first-order valence-electron chi connectivity index (χ1n) is 3.98. The molecule has 0 saturated carbocycles. The van der Waals surface area contributed by atoms with Gasteiger partial charge in [-0.3, -0.25) is 0 Å². The van der Waals surface area contributed by atoms with Crippen molar-refractivity contribution in [2.75, 3.05) is 6.61 Å². The van der Waals surface area contributed by atoms with Crippen molar-refractivity contribution < 1.29 is 25.5 Å². The normalized spacial score (nSPS) is 20.4. The van der Waals surface area contributed by atoms with Gasteiger partial charge in [-0.2, -0.15) is 0 Å². The van der Waals surface area contributed by atoms with Crippen molar-refractivity contribution in [3.63, 3.8) is 0 Å². The third-order valence-electron chi connectivity index (χ3n) is 1.73. The summed E-state index contributed by atoms with van der Waals surface area (Å²) in [6.07, 6.45) is -4.19. The van der Waals surface area contributed by atoms with E-state index in [1.807, 2.05) is 0 Å². The Bertz CT molecular complexity index is 149. The lowest BCUT2D eigenvalue weighted by molar-refractivity contribution is -0.113. The van der Waals surface area contributed by atoms with Crippen LogP contribution in [-0.4, -0.2) is 56.6 Å². The summed E-state index contributed by atoms with van der Waals surface area (Å²) in [6.45, 7) is 2.68. The van der Waals surface area contributed by atoms with Gasteiger partial charge >= 0.3 is 0 Å². The molecule has 78 valence electrons. The molecular formula is C8H16O5. The number of aliphatic hydroxyl groups is 5. The number of aliphatic hydroxyl groups excluding tert-OH is 5. The van der Waals surface area contributed by atoms with Gasteiger partial charge in [0.05, 0.1) is 12.7 Å². The maximum Gasteiger partial charge on any atom is 0.110 e. The Hall–Kier alpha value is -0.460. The maximum atomic E-state index is 9.20. The lowest BCUT2D eigenvalue weighted by Crippen LogP contribution is -2.45. The van der Waals surface area contributed by atoms with E-state index >= 15 is 0 Å². The zero-order chi connectivity index (χ0) is 10.4. The first-order chi connectivity index (χ1) is 6.04. The van der Waals surface area contributed by atoms with E-state index in [2.05, 4.69) is 6.58 Å². The molecule has 13 heavy (non-hydrogen) atoms. The molecule has 0 bridgehead atoms. The van der Waals surface area contributed by atoms with Gasteiger partial charge in [0.15, 0.2) is 0 Å². The molecule has 0 amide bonds. The zero-order valence-electron chi connectivity index (χ0n) is 7.24. The maximum absolute atomic E-state index is 9.20. The minimum Gasteiger partial charge on any atom is -0.394 e. The zero-order valence-corrected chi connectivity index (χ0v) is 7.24. The molecule has 0 aliphatic heterocycles. The van der Waals surface area contributed by atoms with E-state index in [1.54, 1.807) is 0 Å². The number of rotatable bonds is 6. The van der Waals surface area contributed by atoms with Crippen LogP contribution in [0.4, 0.5) is 0 Å². The summed E-state index contributed by atoms with van der Waals surface area (Å²) in [6, 6.07) is 0. The molecule has 0 aliphatic carbocycles. The third-order valence-corrected chi connectivity index (χ3v) is 1.73. The van der Waals surface area contributed by atoms with Crippen molar-refractivity contribution in [1.29, 1.82) is 0 Å². The van der Waals surface area contributed by atoms with Gasteiger partial charge < -0.3 is 25.5 Å². The summed E-state index contributed by atoms with van der Waals surface area (Å²) in [5.41, 5.74) is 0. The van der Waals surface area contributed by atoms with Crippen LogP contribution in [0.15, 0.2) is 12.7 Å². The highest BCUT2D eigenvalue weighted by molar-refractivity contribution is 4.84. The van der Waals surface area contributed by atoms with Gasteiger partial charge in [0.1, 0.15) is 18.3 Å². The summed E-state index contributed by atoms with van der Waals surface area (Å²) in [5, 5.41) is 44.8. The lowest BCUT2D eigenvalue weighted by Gasteiger charge is -2.24. The van der Waals surface area contributed by atoms with Crippen LogP contribution in [0.2, 0.25) is 0 Å². The van der Waals surface area contributed by atoms with Crippen molar-refractivity contribution in [2.45, 2.75) is 30.8 Å². The van der Waals surface area contributed by atoms with E-state index in [9.17, 15) is 5.11 Å². The molecule has 0 aromatic rings. The smallest absolute Gasteiger partial charge is 0.110 e. The fourth-order valence-electron chi connectivity index (χ4n) is 0.873. The van der Waals surface area contributed by atoms with Crippen LogP contribution in [0.3, 0.4) is 0 Å². The van der Waals surface area contributed by atoms with Crippen LogP contribution in [0.5, 0.6) is 0 Å². The molecule has 0 aromatic carbocycles. The fourth-order valence-corrected chi connectivity index (χ4v) is 0.873. The largest absolute Gasteiger partial charge is 0.394 e. The second-order valence-corrected chi connectivity index (χ2v) is 2.82. The summed E-state index contributed by atoms with van der Waals surface area (Å²) >= 11 is 0. The molecular weight excluding hydrogens is 176 g/mol. The summed E-state index contributed by atoms with van der Waals surface area (Å²) in [5.74, 6) is 0. The second-order valence-electron chi connectivity index (χ2n) is 2.82. The summed E-state index contributed by atoms with van der Waals surface area (Å²) in [7, 11) is 0. The SMILES string of the molecule is C=CCC(O)[C@@H](O)[C@H](O)[C@H](O)CO. The van der Waals surface area contributed by atoms with Gasteiger partial charge in [-0.05, 0) is 6.42 Å². The average molecular weight is 192 g/mol. The van der Waals surface area contributed by atoms with Gasteiger partial charge in [0, 0.05) is 0 Å². The second kappa shape index (κ2) is 6.06. The van der Waals surface area contributed by atoms with E-state index in [0.29, 0.717) is 0 Å². The van der Waals surface area contributed by atoms with Crippen molar-refractivity contribution >= 4 is 0 Å². The Labute approximate surface area is 76.6 Å². The van der Waals surface area contributed by atoms with Crippen molar-refractivity contribution in [3.05, 3.63) is 12.7 Å². The average Bonchev–Trinajstić information content (AvgIpc) is 2.14. The number of hydrogen-bond donors (Lipinski definition) is 5. The molecule has 0 radical (unpaired) electrons. The monoisotopic (exact) mass is 192 g/mol. The predicted octanol–water partition coefficient (Wildman–Crippen LogP) is -2.00. The Morgan fingerprint density at radius 2 is 1.46 bits per heavy atom. The molecule has 0 spiro atoms. The van der Waals surface area contributed by atoms with Crippen molar-refractivity contribution in [2.24, 2.45) is 0 Å². The topological polar surface area (TPSA) is 101 Å². The molecule has 1 unspecified atom stereocenters. The minimum atomic E-state index is -1.56. The van der Waals surface area contributed by atoms with Gasteiger partial charge in [-0.25, -0.2) is 0 Å². The van der Waals surface area contributed by atoms with Crippen LogP contribution >= 0.6 is 0 Å². The number of hydrogen-bond acceptors (Lipinski definition) is 5. The molecule has 0 rings (SSSR count). The van der Waals surface area contributed by atoms with E-state index in [1.165, 1.54) is 6.08 Å². The highest BCUT2D eigenvalue weighted by Gasteiger charge is 2.28. The van der Waals surface area contributed by atoms with Crippen molar-refractivity contribution in [1.82, 2.24) is 0 Å². The Morgan fingerprint density at radius 3 is 1.85 bits per heavy atom. The predicted molar refractivity (Wildman–Crippen MR) is 45.9 cm³/mol. The van der Waals surface area contributed by atoms with Crippen LogP contribution in [0, 0.1) is 0 Å². The Balaban J connectivity index is 4.06. The van der Waals surface area contributed by atoms with Crippen LogP contribution in [-0.2, 0) is 0 Å². The molecule has 0 heterocycles. The highest BCUT2D eigenvalue weighted by atomic mass is 16.4. The van der Waals surface area contributed by atoms with Crippen LogP contribution in [0.1, 0.15) is 6.42 Å². The Kier molecular flexibility index (Phi) is 5.85. The standard InChI is InChI=1S/C8H16O5/c1-2-3-5(10)7(12)8(13)6(11)4-9/h2,5-13H,1,3-4H2/t5?,6-,7-,8-/m1/s1. The Morgan fingerprint density at radius 1 is 1.00 bits per heavy atom. The van der Waals surface area contributed by atoms with Crippen LogP contribution < -0.4 is 0 Å². The molecule has 5 heteroatoms. The molecule has 4 atom stereocenters. The molecule has 0 aliphatic rings. The summed E-state index contributed by atoms with van der Waals surface area (Å²) in [4.78, 5) is 0. The molecule has 0 saturated heterocycles. The third kappa shape index (κ3) is 3.84. The first kappa shape index (κ1) is 12.5. The van der Waals surface area contributed by atoms with E-state index < -0.39 is 31.0 Å². The van der Waals surface area contributed by atoms with Crippen molar-refractivity contribution in [3.8, 4) is 0 Å². The highest BCUT2D eigenvalue weighted by Crippen LogP contribution is 2.07. The molecule has 0 aromatic heterocycles. The molecule has 5 nitrogen and oxygen atoms in total. The van der Waals surface area contributed by atoms with E-state index in [-0.39, 0.29) is 6.42 Å². The van der Waals surface area contributed by atoms with Gasteiger partial charge in [-0.15, -0.1) is 6.58 Å². The quantitative estimate of drug-likeness (QED) is 0.313. The van der Waals surface area contributed by atoms with Gasteiger partial charge in [-0.1, -0.05) is 6.08 Å². The van der Waals surface area contributed by atoms with Gasteiger partial charge in [0.2, 0.25) is 0 Å². The molecule has 5 N–H and O–H groups in total. The molecule has 0 fully saturated rings. The summed E-state index contributed by atoms with van der Waals surface area (Å²) < 4.78 is 0. The first-order valence-corrected chi connectivity index (χ1v) is 3.98. The minimum absolute atomic E-state index is 0.108. The fraction of sp³-hybridized carbons (Fsp3) is 0.750. The van der Waals surface area contributed by atoms with E-state index in [4.69, 9.17) is 20.4 Å². The lowest BCUT2D eigenvalue weighted by atomic mass is 10.0. The van der Waals surface area contributed by atoms with Crippen LogP contribution in [0.25, 0.3) is 0 Å².